The van der Waals surface area contributed by atoms with Crippen LogP contribution in [0.5, 0.6) is 0 Å². The van der Waals surface area contributed by atoms with E-state index >= 15 is 0 Å². The topological polar surface area (TPSA) is 54.0 Å². The molecule has 1 fully saturated rings. The highest BCUT2D eigenvalue weighted by atomic mass is 16.5. The first-order chi connectivity index (χ1) is 9.69. The Morgan fingerprint density at radius 1 is 1.30 bits per heavy atom. The predicted octanol–water partition coefficient (Wildman–Crippen LogP) is -0.208. The molecule has 6 heteroatoms. The number of hydrogen-bond acceptors (Lipinski definition) is 5. The molecule has 1 saturated heterocycles. The molecular formula is C14H29N3O3. The molecule has 1 N–H and O–H groups in total. The highest BCUT2D eigenvalue weighted by Gasteiger charge is 2.21. The van der Waals surface area contributed by atoms with Gasteiger partial charge in [-0.15, -0.1) is 0 Å². The van der Waals surface area contributed by atoms with Gasteiger partial charge in [0.25, 0.3) is 0 Å². The van der Waals surface area contributed by atoms with Crippen LogP contribution in [0.3, 0.4) is 0 Å². The standard InChI is InChI=1S/C14H29N3O3/c1-13(12-20-3)17(9-10-19-2)11-14(18)16-7-4-5-15-6-8-16/h13,15H,4-12H2,1-3H3. The van der Waals surface area contributed by atoms with E-state index in [2.05, 4.69) is 17.1 Å². The summed E-state index contributed by atoms with van der Waals surface area (Å²) in [4.78, 5) is 16.5. The Morgan fingerprint density at radius 2 is 2.10 bits per heavy atom. The Balaban J connectivity index is 2.50. The largest absolute Gasteiger partial charge is 0.383 e. The number of nitrogens with one attached hydrogen (secondary N) is 1. The number of hydrogen-bond donors (Lipinski definition) is 1. The number of methoxy groups -OCH3 is 2. The van der Waals surface area contributed by atoms with E-state index in [9.17, 15) is 4.79 Å². The Kier molecular flexibility index (Phi) is 8.77. The average molecular weight is 287 g/mol. The molecule has 20 heavy (non-hydrogen) atoms. The molecule has 0 aliphatic carbocycles. The lowest BCUT2D eigenvalue weighted by Gasteiger charge is -2.30. The van der Waals surface area contributed by atoms with E-state index in [4.69, 9.17) is 9.47 Å². The molecule has 1 heterocycles. The fourth-order valence-corrected chi connectivity index (χ4v) is 2.38. The molecule has 0 aromatic rings. The van der Waals surface area contributed by atoms with E-state index in [0.717, 1.165) is 39.1 Å². The maximum atomic E-state index is 12.4. The first kappa shape index (κ1) is 17.4. The highest BCUT2D eigenvalue weighted by Crippen LogP contribution is 2.03. The van der Waals surface area contributed by atoms with Crippen molar-refractivity contribution in [3.8, 4) is 0 Å². The molecule has 1 aliphatic heterocycles. The summed E-state index contributed by atoms with van der Waals surface area (Å²) in [5.74, 6) is 0.202. The van der Waals surface area contributed by atoms with E-state index in [1.807, 2.05) is 4.90 Å². The number of carbonyl (C=O) groups excluding carboxylic acids is 1. The third-order valence-electron chi connectivity index (χ3n) is 3.64. The lowest BCUT2D eigenvalue weighted by molar-refractivity contribution is -0.133. The molecule has 0 aromatic carbocycles. The maximum Gasteiger partial charge on any atom is 0.236 e. The fourth-order valence-electron chi connectivity index (χ4n) is 2.38. The van der Waals surface area contributed by atoms with Crippen LogP contribution in [0.25, 0.3) is 0 Å². The van der Waals surface area contributed by atoms with Crippen LogP contribution in [0.2, 0.25) is 0 Å². The van der Waals surface area contributed by atoms with Crippen molar-refractivity contribution in [3.63, 3.8) is 0 Å². The third-order valence-corrected chi connectivity index (χ3v) is 3.64. The van der Waals surface area contributed by atoms with Crippen LogP contribution in [-0.4, -0.2) is 88.5 Å². The quantitative estimate of drug-likeness (QED) is 0.669. The molecule has 6 nitrogen and oxygen atoms in total. The van der Waals surface area contributed by atoms with Gasteiger partial charge >= 0.3 is 0 Å². The van der Waals surface area contributed by atoms with Crippen LogP contribution >= 0.6 is 0 Å². The SMILES string of the molecule is COCCN(CC(=O)N1CCCNCC1)C(C)COC. The zero-order valence-electron chi connectivity index (χ0n) is 13.1. The summed E-state index contributed by atoms with van der Waals surface area (Å²) in [6.07, 6.45) is 1.03. The zero-order chi connectivity index (χ0) is 14.8. The molecule has 1 rings (SSSR count). The molecule has 0 aromatic heterocycles. The predicted molar refractivity (Wildman–Crippen MR) is 78.9 cm³/mol. The molecule has 1 unspecified atom stereocenters. The molecule has 118 valence electrons. The molecule has 0 radical (unpaired) electrons. The minimum absolute atomic E-state index is 0.202. The second-order valence-electron chi connectivity index (χ2n) is 5.25. The van der Waals surface area contributed by atoms with Crippen molar-refractivity contribution >= 4 is 5.91 Å². The van der Waals surface area contributed by atoms with Crippen molar-refractivity contribution in [1.82, 2.24) is 15.1 Å². The lowest BCUT2D eigenvalue weighted by Crippen LogP contribution is -2.47. The van der Waals surface area contributed by atoms with Gasteiger partial charge < -0.3 is 19.7 Å². The van der Waals surface area contributed by atoms with Gasteiger partial charge in [0.15, 0.2) is 0 Å². The average Bonchev–Trinajstić information content (AvgIpc) is 2.72. The van der Waals surface area contributed by atoms with Crippen LogP contribution in [-0.2, 0) is 14.3 Å². The van der Waals surface area contributed by atoms with Crippen molar-refractivity contribution < 1.29 is 14.3 Å². The Bertz CT molecular complexity index is 268. The van der Waals surface area contributed by atoms with Gasteiger partial charge in [0, 0.05) is 46.4 Å². The van der Waals surface area contributed by atoms with E-state index < -0.39 is 0 Å². The van der Waals surface area contributed by atoms with E-state index in [-0.39, 0.29) is 11.9 Å². The number of amides is 1. The van der Waals surface area contributed by atoms with Crippen molar-refractivity contribution in [2.24, 2.45) is 0 Å². The van der Waals surface area contributed by atoms with Crippen molar-refractivity contribution in [2.45, 2.75) is 19.4 Å². The number of nitrogens with zero attached hydrogens (tertiary/aromatic N) is 2. The molecule has 1 amide bonds. The van der Waals surface area contributed by atoms with Crippen LogP contribution in [0.15, 0.2) is 0 Å². The number of ether oxygens (including phenoxy) is 2. The molecule has 1 atom stereocenters. The Labute approximate surface area is 122 Å². The molecule has 0 bridgehead atoms. The van der Waals surface area contributed by atoms with Gasteiger partial charge in [-0.3, -0.25) is 9.69 Å². The van der Waals surface area contributed by atoms with Gasteiger partial charge in [0.05, 0.1) is 19.8 Å². The van der Waals surface area contributed by atoms with Crippen LogP contribution in [0.1, 0.15) is 13.3 Å². The second-order valence-corrected chi connectivity index (χ2v) is 5.25. The van der Waals surface area contributed by atoms with E-state index in [1.165, 1.54) is 0 Å². The first-order valence-electron chi connectivity index (χ1n) is 7.39. The summed E-state index contributed by atoms with van der Waals surface area (Å²) in [5, 5.41) is 3.32. The summed E-state index contributed by atoms with van der Waals surface area (Å²) in [7, 11) is 3.37. The molecular weight excluding hydrogens is 258 g/mol. The third kappa shape index (κ3) is 6.17. The summed E-state index contributed by atoms with van der Waals surface area (Å²) in [5.41, 5.74) is 0. The summed E-state index contributed by atoms with van der Waals surface area (Å²) in [6.45, 7) is 8.05. The van der Waals surface area contributed by atoms with Crippen LogP contribution in [0.4, 0.5) is 0 Å². The highest BCUT2D eigenvalue weighted by molar-refractivity contribution is 5.78. The van der Waals surface area contributed by atoms with Gasteiger partial charge in [-0.05, 0) is 19.9 Å². The number of rotatable bonds is 8. The smallest absolute Gasteiger partial charge is 0.236 e. The van der Waals surface area contributed by atoms with Gasteiger partial charge in [-0.1, -0.05) is 0 Å². The minimum Gasteiger partial charge on any atom is -0.383 e. The minimum atomic E-state index is 0.202. The lowest BCUT2D eigenvalue weighted by atomic mass is 10.2. The summed E-state index contributed by atoms with van der Waals surface area (Å²) >= 11 is 0. The fraction of sp³-hybridized carbons (Fsp3) is 0.929. The summed E-state index contributed by atoms with van der Waals surface area (Å²) in [6, 6.07) is 0.212. The van der Waals surface area contributed by atoms with E-state index in [0.29, 0.717) is 19.8 Å². The summed E-state index contributed by atoms with van der Waals surface area (Å²) < 4.78 is 10.3. The molecule has 0 spiro atoms. The van der Waals surface area contributed by atoms with Gasteiger partial charge in [-0.25, -0.2) is 0 Å². The zero-order valence-corrected chi connectivity index (χ0v) is 13.1. The normalized spacial score (nSPS) is 18.1. The second kappa shape index (κ2) is 10.1. The van der Waals surface area contributed by atoms with Gasteiger partial charge in [0.2, 0.25) is 5.91 Å². The van der Waals surface area contributed by atoms with E-state index in [1.54, 1.807) is 14.2 Å². The Morgan fingerprint density at radius 3 is 2.80 bits per heavy atom. The first-order valence-corrected chi connectivity index (χ1v) is 7.39. The van der Waals surface area contributed by atoms with Crippen LogP contribution < -0.4 is 5.32 Å². The van der Waals surface area contributed by atoms with Gasteiger partial charge in [-0.2, -0.15) is 0 Å². The van der Waals surface area contributed by atoms with Crippen LogP contribution in [0, 0.1) is 0 Å². The van der Waals surface area contributed by atoms with Crippen molar-refractivity contribution in [3.05, 3.63) is 0 Å². The maximum absolute atomic E-state index is 12.4. The molecule has 0 saturated carbocycles. The number of carbonyl (C=O) groups is 1. The van der Waals surface area contributed by atoms with Crippen molar-refractivity contribution in [1.29, 1.82) is 0 Å². The van der Waals surface area contributed by atoms with Gasteiger partial charge in [0.1, 0.15) is 0 Å². The monoisotopic (exact) mass is 287 g/mol. The van der Waals surface area contributed by atoms with Crippen molar-refractivity contribution in [2.75, 3.05) is 66.7 Å². The Hall–Kier alpha value is -0.690. The molecule has 1 aliphatic rings.